The molecule has 1 unspecified atom stereocenters. The SMILES string of the molecule is CCc1cc2c(c(F)c1O)c(C(CC)C(=O)O)c(CC)n2C(=O)c1ccc(OC(F)(F)F)cc1.Cc1c(CC(=O)O)c2c(F)c(O)ccc2n1C(=O)c1ccc(OC(F)(F)F)cc1. The molecule has 0 saturated carbocycles. The van der Waals surface area contributed by atoms with Gasteiger partial charge < -0.3 is 29.9 Å². The van der Waals surface area contributed by atoms with Crippen molar-refractivity contribution in [1.29, 1.82) is 0 Å². The van der Waals surface area contributed by atoms with E-state index in [0.29, 0.717) is 0 Å². The standard InChI is InChI=1S/C24H23F4NO5.C19H13F4NO5/c1-4-12-11-17-19(20(25)21(12)30)18(15(5-2)23(32)33)16(6-3)29(17)22(31)13-7-9-14(10-8-13)34-24(26,27)28;1-9-12(8-15(26)27)16-13(6-7-14(25)17(16)20)24(9)18(28)10-2-4-11(5-3-10)29-19(21,22)23/h7-11,15,30H,4-6H2,1-3H3,(H,32,33);2-7,25H,8H2,1H3,(H,26,27). The summed E-state index contributed by atoms with van der Waals surface area (Å²) in [5.41, 5.74) is 0.762. The van der Waals surface area contributed by atoms with Crippen LogP contribution in [-0.2, 0) is 28.9 Å². The first-order valence-corrected chi connectivity index (χ1v) is 18.8. The zero-order valence-corrected chi connectivity index (χ0v) is 33.4. The van der Waals surface area contributed by atoms with Gasteiger partial charge in [-0.3, -0.25) is 28.3 Å². The minimum Gasteiger partial charge on any atom is -0.505 e. The number of aryl methyl sites for hydroxylation is 1. The number of carbonyl (C=O) groups excluding carboxylic acids is 2. The lowest BCUT2D eigenvalue weighted by Gasteiger charge is -2.14. The van der Waals surface area contributed by atoms with Gasteiger partial charge in [0.05, 0.1) is 23.4 Å². The van der Waals surface area contributed by atoms with Crippen molar-refractivity contribution in [2.75, 3.05) is 0 Å². The molecule has 334 valence electrons. The summed E-state index contributed by atoms with van der Waals surface area (Å²) >= 11 is 0. The van der Waals surface area contributed by atoms with Crippen LogP contribution in [0.15, 0.2) is 66.7 Å². The van der Waals surface area contributed by atoms with Crippen molar-refractivity contribution >= 4 is 45.6 Å². The second-order valence-electron chi connectivity index (χ2n) is 13.8. The van der Waals surface area contributed by atoms with Gasteiger partial charge in [-0.15, -0.1) is 26.3 Å². The number of hydrogen-bond acceptors (Lipinski definition) is 8. The number of ether oxygens (including phenoxy) is 2. The maximum absolute atomic E-state index is 15.4. The van der Waals surface area contributed by atoms with Gasteiger partial charge >= 0.3 is 24.7 Å². The summed E-state index contributed by atoms with van der Waals surface area (Å²) < 4.78 is 114. The summed E-state index contributed by atoms with van der Waals surface area (Å²) in [6.07, 6.45) is -9.86. The molecule has 0 bridgehead atoms. The summed E-state index contributed by atoms with van der Waals surface area (Å²) in [7, 11) is 0. The van der Waals surface area contributed by atoms with E-state index in [0.717, 1.165) is 59.2 Å². The average Bonchev–Trinajstić information content (AvgIpc) is 3.67. The average molecular weight is 893 g/mol. The number of carboxylic acid groups (broad SMARTS) is 2. The third-order valence-electron chi connectivity index (χ3n) is 9.98. The van der Waals surface area contributed by atoms with Gasteiger partial charge in [0.1, 0.15) is 11.5 Å². The van der Waals surface area contributed by atoms with Crippen molar-refractivity contribution in [2.45, 2.75) is 72.0 Å². The van der Waals surface area contributed by atoms with Gasteiger partial charge in [-0.1, -0.05) is 20.8 Å². The molecule has 0 radical (unpaired) electrons. The Balaban J connectivity index is 0.000000240. The Labute approximate surface area is 351 Å². The highest BCUT2D eigenvalue weighted by atomic mass is 19.4. The minimum absolute atomic E-state index is 0.00581. The van der Waals surface area contributed by atoms with Crippen molar-refractivity contribution < 1.29 is 84.2 Å². The van der Waals surface area contributed by atoms with E-state index in [1.54, 1.807) is 20.8 Å². The van der Waals surface area contributed by atoms with Crippen molar-refractivity contribution in [1.82, 2.24) is 9.13 Å². The number of phenolic OH excluding ortho intramolecular Hbond substituents is 2. The molecule has 0 aliphatic heterocycles. The van der Waals surface area contributed by atoms with Gasteiger partial charge in [0.2, 0.25) is 0 Å². The normalized spacial score (nSPS) is 12.2. The fraction of sp³-hybridized carbons (Fsp3) is 0.256. The number of aromatic hydroxyl groups is 2. The molecule has 12 nitrogen and oxygen atoms in total. The number of halogens is 8. The number of nitrogens with zero attached hydrogens (tertiary/aromatic N) is 2. The molecular formula is C43H36F8N2O10. The van der Waals surface area contributed by atoms with Crippen molar-refractivity contribution in [3.63, 3.8) is 0 Å². The van der Waals surface area contributed by atoms with Crippen molar-refractivity contribution in [3.8, 4) is 23.0 Å². The topological polar surface area (TPSA) is 178 Å². The Bertz CT molecular complexity index is 2740. The van der Waals surface area contributed by atoms with E-state index < -0.39 is 83.4 Å². The first-order valence-electron chi connectivity index (χ1n) is 18.8. The van der Waals surface area contributed by atoms with Crippen LogP contribution < -0.4 is 9.47 Å². The number of rotatable bonds is 11. The number of carboxylic acids is 2. The molecule has 0 aliphatic rings. The molecule has 2 heterocycles. The van der Waals surface area contributed by atoms with Gasteiger partial charge in [0, 0.05) is 33.3 Å². The molecule has 0 saturated heterocycles. The van der Waals surface area contributed by atoms with Crippen LogP contribution in [0, 0.1) is 18.6 Å². The molecular weight excluding hydrogens is 856 g/mol. The summed E-state index contributed by atoms with van der Waals surface area (Å²) in [5, 5.41) is 38.5. The first-order chi connectivity index (χ1) is 29.4. The Hall–Kier alpha value is -7.12. The number of carbonyl (C=O) groups is 4. The lowest BCUT2D eigenvalue weighted by atomic mass is 9.92. The van der Waals surface area contributed by atoms with E-state index in [9.17, 15) is 65.2 Å². The molecule has 0 spiro atoms. The van der Waals surface area contributed by atoms with Crippen LogP contribution in [0.2, 0.25) is 0 Å². The fourth-order valence-electron chi connectivity index (χ4n) is 7.26. The number of fused-ring (bicyclic) bond motifs is 2. The van der Waals surface area contributed by atoms with Crippen molar-refractivity contribution in [3.05, 3.63) is 118 Å². The highest BCUT2D eigenvalue weighted by molar-refractivity contribution is 6.07. The number of benzene rings is 4. The zero-order chi connectivity index (χ0) is 46.9. The van der Waals surface area contributed by atoms with E-state index >= 15 is 4.39 Å². The minimum atomic E-state index is -4.89. The van der Waals surface area contributed by atoms with E-state index in [4.69, 9.17) is 5.11 Å². The lowest BCUT2D eigenvalue weighted by Crippen LogP contribution is -2.18. The van der Waals surface area contributed by atoms with E-state index in [1.807, 2.05) is 0 Å². The molecule has 0 fully saturated rings. The molecule has 1 atom stereocenters. The van der Waals surface area contributed by atoms with Gasteiger partial charge in [0.15, 0.2) is 23.1 Å². The highest BCUT2D eigenvalue weighted by Crippen LogP contribution is 2.41. The molecule has 0 amide bonds. The molecule has 6 aromatic rings. The van der Waals surface area contributed by atoms with Crippen LogP contribution >= 0.6 is 0 Å². The molecule has 4 aromatic carbocycles. The van der Waals surface area contributed by atoms with E-state index in [2.05, 4.69) is 9.47 Å². The zero-order valence-electron chi connectivity index (χ0n) is 33.4. The predicted octanol–water partition coefficient (Wildman–Crippen LogP) is 9.78. The third-order valence-corrected chi connectivity index (χ3v) is 9.98. The van der Waals surface area contributed by atoms with Gasteiger partial charge in [-0.25, -0.2) is 8.78 Å². The number of aliphatic carboxylic acids is 2. The second-order valence-corrected chi connectivity index (χ2v) is 13.8. The Morgan fingerprint density at radius 1 is 0.683 bits per heavy atom. The molecule has 2 aromatic heterocycles. The van der Waals surface area contributed by atoms with Crippen LogP contribution in [0.1, 0.15) is 81.9 Å². The molecule has 6 rings (SSSR count). The van der Waals surface area contributed by atoms with Crippen LogP contribution in [0.5, 0.6) is 23.0 Å². The summed E-state index contributed by atoms with van der Waals surface area (Å²) in [6.45, 7) is 6.38. The predicted molar refractivity (Wildman–Crippen MR) is 208 cm³/mol. The molecule has 63 heavy (non-hydrogen) atoms. The molecule has 4 N–H and O–H groups in total. The maximum atomic E-state index is 15.4. The van der Waals surface area contributed by atoms with Crippen LogP contribution in [0.4, 0.5) is 35.1 Å². The monoisotopic (exact) mass is 892 g/mol. The lowest BCUT2D eigenvalue weighted by molar-refractivity contribution is -0.275. The molecule has 20 heteroatoms. The summed E-state index contributed by atoms with van der Waals surface area (Å²) in [6, 6.07) is 12.1. The van der Waals surface area contributed by atoms with E-state index in [-0.39, 0.29) is 80.3 Å². The van der Waals surface area contributed by atoms with Gasteiger partial charge in [0.25, 0.3) is 11.8 Å². The van der Waals surface area contributed by atoms with E-state index in [1.165, 1.54) is 23.6 Å². The fourth-order valence-corrected chi connectivity index (χ4v) is 7.26. The second kappa shape index (κ2) is 18.1. The summed E-state index contributed by atoms with van der Waals surface area (Å²) in [4.78, 5) is 49.6. The highest BCUT2D eigenvalue weighted by Gasteiger charge is 2.34. The van der Waals surface area contributed by atoms with Crippen LogP contribution in [0.3, 0.4) is 0 Å². The third kappa shape index (κ3) is 9.68. The Morgan fingerprint density at radius 3 is 1.62 bits per heavy atom. The van der Waals surface area contributed by atoms with Gasteiger partial charge in [-0.2, -0.15) is 0 Å². The van der Waals surface area contributed by atoms with Crippen LogP contribution in [-0.4, -0.2) is 66.0 Å². The molecule has 0 aliphatic carbocycles. The first kappa shape index (κ1) is 46.9. The van der Waals surface area contributed by atoms with Gasteiger partial charge in [-0.05, 0) is 110 Å². The quantitative estimate of drug-likeness (QED) is 0.0916. The number of hydrogen-bond donors (Lipinski definition) is 4. The number of alkyl halides is 6. The van der Waals surface area contributed by atoms with Crippen molar-refractivity contribution in [2.24, 2.45) is 0 Å². The Kier molecular flexibility index (Phi) is 13.5. The summed E-state index contributed by atoms with van der Waals surface area (Å²) in [5.74, 6) is -9.46. The number of aromatic nitrogens is 2. The largest absolute Gasteiger partial charge is 0.573 e. The number of phenols is 2. The maximum Gasteiger partial charge on any atom is 0.573 e. The van der Waals surface area contributed by atoms with Crippen LogP contribution in [0.25, 0.3) is 21.8 Å². The Morgan fingerprint density at radius 2 is 1.19 bits per heavy atom. The smallest absolute Gasteiger partial charge is 0.505 e.